The van der Waals surface area contributed by atoms with Crippen LogP contribution < -0.4 is 5.32 Å². The van der Waals surface area contributed by atoms with Crippen LogP contribution >= 0.6 is 0 Å². The summed E-state index contributed by atoms with van der Waals surface area (Å²) in [6, 6.07) is 2.92. The van der Waals surface area contributed by atoms with Crippen LogP contribution in [0.15, 0.2) is 0 Å². The molecule has 78 valence electrons. The van der Waals surface area contributed by atoms with Gasteiger partial charge in [-0.3, -0.25) is 0 Å². The zero-order valence-corrected chi connectivity index (χ0v) is 8.84. The molecule has 0 saturated heterocycles. The summed E-state index contributed by atoms with van der Waals surface area (Å²) in [5.41, 5.74) is 0. The summed E-state index contributed by atoms with van der Waals surface area (Å²) in [6.45, 7) is 1.13. The molecule has 0 aromatic rings. The molecule has 2 aliphatic rings. The Kier molecular flexibility index (Phi) is 3.42. The molecule has 2 saturated carbocycles. The van der Waals surface area contributed by atoms with Crippen LogP contribution in [0, 0.1) is 23.2 Å². The molecule has 2 heteroatoms. The number of rotatable bonds is 4. The minimum absolute atomic E-state index is 0.288. The van der Waals surface area contributed by atoms with Gasteiger partial charge in [0.2, 0.25) is 0 Å². The van der Waals surface area contributed by atoms with Gasteiger partial charge in [-0.1, -0.05) is 25.7 Å². The molecule has 0 amide bonds. The van der Waals surface area contributed by atoms with E-state index in [0.717, 1.165) is 18.9 Å². The lowest BCUT2D eigenvalue weighted by Gasteiger charge is -2.26. The van der Waals surface area contributed by atoms with Gasteiger partial charge in [-0.15, -0.1) is 0 Å². The van der Waals surface area contributed by atoms with Crippen LogP contribution in [0.1, 0.15) is 44.9 Å². The highest BCUT2D eigenvalue weighted by Gasteiger charge is 2.26. The SMILES string of the molecule is N#CC1CCCC1NCCC1CCC1. The Bertz CT molecular complexity index is 215. The quantitative estimate of drug-likeness (QED) is 0.742. The van der Waals surface area contributed by atoms with E-state index >= 15 is 0 Å². The van der Waals surface area contributed by atoms with E-state index in [1.165, 1.54) is 38.5 Å². The van der Waals surface area contributed by atoms with Crippen molar-refractivity contribution in [3.63, 3.8) is 0 Å². The lowest BCUT2D eigenvalue weighted by atomic mass is 9.83. The predicted molar refractivity (Wildman–Crippen MR) is 56.7 cm³/mol. The minimum Gasteiger partial charge on any atom is -0.313 e. The van der Waals surface area contributed by atoms with Crippen molar-refractivity contribution in [1.29, 1.82) is 5.26 Å². The Hall–Kier alpha value is -0.550. The third kappa shape index (κ3) is 2.27. The molecule has 2 atom stereocenters. The van der Waals surface area contributed by atoms with Crippen LogP contribution in [0.5, 0.6) is 0 Å². The molecule has 14 heavy (non-hydrogen) atoms. The Morgan fingerprint density at radius 3 is 2.57 bits per heavy atom. The molecule has 2 rings (SSSR count). The van der Waals surface area contributed by atoms with Crippen molar-refractivity contribution >= 4 is 0 Å². The van der Waals surface area contributed by atoms with Gasteiger partial charge in [-0.25, -0.2) is 0 Å². The average molecular weight is 192 g/mol. The maximum absolute atomic E-state index is 8.91. The lowest BCUT2D eigenvalue weighted by molar-refractivity contribution is 0.285. The fourth-order valence-electron chi connectivity index (χ4n) is 2.61. The molecule has 2 unspecified atom stereocenters. The Balaban J connectivity index is 1.62. The van der Waals surface area contributed by atoms with Crippen molar-refractivity contribution in [3.8, 4) is 6.07 Å². The van der Waals surface area contributed by atoms with Gasteiger partial charge in [-0.05, 0) is 31.7 Å². The van der Waals surface area contributed by atoms with Crippen LogP contribution in [-0.4, -0.2) is 12.6 Å². The second-order valence-electron chi connectivity index (χ2n) is 4.81. The molecule has 2 aliphatic carbocycles. The van der Waals surface area contributed by atoms with Crippen molar-refractivity contribution in [1.82, 2.24) is 5.32 Å². The zero-order chi connectivity index (χ0) is 9.80. The predicted octanol–water partition coefficient (Wildman–Crippen LogP) is 2.46. The van der Waals surface area contributed by atoms with Crippen LogP contribution in [-0.2, 0) is 0 Å². The average Bonchev–Trinajstić information content (AvgIpc) is 2.56. The first kappa shape index (κ1) is 9.98. The van der Waals surface area contributed by atoms with Gasteiger partial charge < -0.3 is 5.32 Å². The van der Waals surface area contributed by atoms with Crippen molar-refractivity contribution in [2.45, 2.75) is 51.0 Å². The Labute approximate surface area is 86.7 Å². The monoisotopic (exact) mass is 192 g/mol. The van der Waals surface area contributed by atoms with E-state index in [1.54, 1.807) is 0 Å². The maximum Gasteiger partial charge on any atom is 0.0672 e. The summed E-state index contributed by atoms with van der Waals surface area (Å²) in [4.78, 5) is 0. The summed E-state index contributed by atoms with van der Waals surface area (Å²) < 4.78 is 0. The fourth-order valence-corrected chi connectivity index (χ4v) is 2.61. The van der Waals surface area contributed by atoms with Gasteiger partial charge >= 0.3 is 0 Å². The van der Waals surface area contributed by atoms with Crippen molar-refractivity contribution in [2.75, 3.05) is 6.54 Å². The van der Waals surface area contributed by atoms with Gasteiger partial charge in [0.1, 0.15) is 0 Å². The van der Waals surface area contributed by atoms with Crippen molar-refractivity contribution in [3.05, 3.63) is 0 Å². The normalized spacial score (nSPS) is 32.5. The second-order valence-corrected chi connectivity index (χ2v) is 4.81. The molecule has 0 aromatic heterocycles. The van der Waals surface area contributed by atoms with Crippen molar-refractivity contribution in [2.24, 2.45) is 11.8 Å². The van der Waals surface area contributed by atoms with Gasteiger partial charge in [0.15, 0.2) is 0 Å². The molecular formula is C12H20N2. The van der Waals surface area contributed by atoms with Crippen molar-refractivity contribution < 1.29 is 0 Å². The lowest BCUT2D eigenvalue weighted by Crippen LogP contribution is -2.33. The van der Waals surface area contributed by atoms with E-state index in [2.05, 4.69) is 11.4 Å². The van der Waals surface area contributed by atoms with Crippen LogP contribution in [0.25, 0.3) is 0 Å². The summed E-state index contributed by atoms with van der Waals surface area (Å²) >= 11 is 0. The Morgan fingerprint density at radius 2 is 1.93 bits per heavy atom. The highest BCUT2D eigenvalue weighted by atomic mass is 14.9. The van der Waals surface area contributed by atoms with E-state index in [1.807, 2.05) is 0 Å². The van der Waals surface area contributed by atoms with E-state index in [4.69, 9.17) is 5.26 Å². The van der Waals surface area contributed by atoms with Crippen LogP contribution in [0.2, 0.25) is 0 Å². The number of nitrogens with one attached hydrogen (secondary N) is 1. The third-order valence-electron chi connectivity index (χ3n) is 3.87. The first-order valence-corrected chi connectivity index (χ1v) is 6.03. The van der Waals surface area contributed by atoms with Gasteiger partial charge in [0, 0.05) is 6.04 Å². The Morgan fingerprint density at radius 1 is 1.14 bits per heavy atom. The summed E-state index contributed by atoms with van der Waals surface area (Å²) in [5, 5.41) is 12.5. The van der Waals surface area contributed by atoms with Crippen LogP contribution in [0.3, 0.4) is 0 Å². The molecule has 0 aliphatic heterocycles. The fraction of sp³-hybridized carbons (Fsp3) is 0.917. The first-order valence-electron chi connectivity index (χ1n) is 6.03. The van der Waals surface area contributed by atoms with E-state index in [-0.39, 0.29) is 5.92 Å². The highest BCUT2D eigenvalue weighted by molar-refractivity contribution is 4.96. The van der Waals surface area contributed by atoms with Crippen LogP contribution in [0.4, 0.5) is 0 Å². The molecular weight excluding hydrogens is 172 g/mol. The van der Waals surface area contributed by atoms with Gasteiger partial charge in [0.25, 0.3) is 0 Å². The molecule has 0 bridgehead atoms. The molecule has 0 radical (unpaired) electrons. The smallest absolute Gasteiger partial charge is 0.0672 e. The van der Waals surface area contributed by atoms with E-state index in [9.17, 15) is 0 Å². The molecule has 0 heterocycles. The highest BCUT2D eigenvalue weighted by Crippen LogP contribution is 2.29. The number of hydrogen-bond acceptors (Lipinski definition) is 2. The molecule has 2 nitrogen and oxygen atoms in total. The molecule has 0 aromatic carbocycles. The van der Waals surface area contributed by atoms with Gasteiger partial charge in [0.05, 0.1) is 12.0 Å². The maximum atomic E-state index is 8.91. The number of nitrogens with zero attached hydrogens (tertiary/aromatic N) is 1. The molecule has 1 N–H and O–H groups in total. The topological polar surface area (TPSA) is 35.8 Å². The number of hydrogen-bond donors (Lipinski definition) is 1. The summed E-state index contributed by atoms with van der Waals surface area (Å²) in [5.74, 6) is 1.28. The summed E-state index contributed by atoms with van der Waals surface area (Å²) in [6.07, 6.45) is 9.20. The third-order valence-corrected chi connectivity index (χ3v) is 3.87. The second kappa shape index (κ2) is 4.79. The number of nitriles is 1. The van der Waals surface area contributed by atoms with E-state index in [0.29, 0.717) is 6.04 Å². The first-order chi connectivity index (χ1) is 6.90. The van der Waals surface area contributed by atoms with Gasteiger partial charge in [-0.2, -0.15) is 5.26 Å². The minimum atomic E-state index is 0.288. The summed E-state index contributed by atoms with van der Waals surface area (Å²) in [7, 11) is 0. The largest absolute Gasteiger partial charge is 0.313 e. The standard InChI is InChI=1S/C12H20N2/c13-9-11-5-2-6-12(11)14-8-7-10-3-1-4-10/h10-12,14H,1-8H2. The van der Waals surface area contributed by atoms with E-state index < -0.39 is 0 Å². The molecule has 2 fully saturated rings. The molecule has 0 spiro atoms. The zero-order valence-electron chi connectivity index (χ0n) is 8.84.